The summed E-state index contributed by atoms with van der Waals surface area (Å²) in [5.74, 6) is -0.136. The van der Waals surface area contributed by atoms with E-state index in [-0.39, 0.29) is 18.1 Å². The van der Waals surface area contributed by atoms with Gasteiger partial charge in [0.2, 0.25) is 0 Å². The molecule has 7 heteroatoms. The van der Waals surface area contributed by atoms with E-state index in [1.165, 1.54) is 5.56 Å². The smallest absolute Gasteiger partial charge is 0.267 e. The summed E-state index contributed by atoms with van der Waals surface area (Å²) < 4.78 is 14.9. The lowest BCUT2D eigenvalue weighted by Crippen LogP contribution is -2.29. The molecule has 6 nitrogen and oxygen atoms in total. The van der Waals surface area contributed by atoms with Gasteiger partial charge < -0.3 is 19.4 Å². The van der Waals surface area contributed by atoms with Crippen molar-refractivity contribution in [3.8, 4) is 0 Å². The van der Waals surface area contributed by atoms with Gasteiger partial charge in [-0.25, -0.2) is 0 Å². The fraction of sp³-hybridized carbons (Fsp3) is 0.333. The van der Waals surface area contributed by atoms with Gasteiger partial charge in [-0.2, -0.15) is 0 Å². The minimum Gasteiger partial charge on any atom is -0.374 e. The SMILES string of the molecule is CNC(=O)c1cc2ncc3c(c2n1[C@H]1COCc2cc(Br)ccc21)COC3C. The second-order valence-corrected chi connectivity index (χ2v) is 8.15. The number of hydrogen-bond donors (Lipinski definition) is 1. The Balaban J connectivity index is 1.80. The molecule has 2 aliphatic rings. The van der Waals surface area contributed by atoms with Crippen LogP contribution in [0.15, 0.2) is 34.9 Å². The second-order valence-electron chi connectivity index (χ2n) is 7.23. The number of rotatable bonds is 2. The predicted molar refractivity (Wildman–Crippen MR) is 108 cm³/mol. The zero-order valence-corrected chi connectivity index (χ0v) is 17.2. The molecule has 28 heavy (non-hydrogen) atoms. The number of benzene rings is 1. The number of carbonyl (C=O) groups excluding carboxylic acids is 1. The number of aromatic nitrogens is 2. The lowest BCUT2D eigenvalue weighted by molar-refractivity contribution is 0.0784. The average molecular weight is 442 g/mol. The van der Waals surface area contributed by atoms with E-state index in [0.717, 1.165) is 32.2 Å². The molecule has 3 aromatic rings. The Labute approximate surface area is 171 Å². The average Bonchev–Trinajstić information content (AvgIpc) is 3.27. The van der Waals surface area contributed by atoms with Crippen molar-refractivity contribution in [2.75, 3.05) is 13.7 Å². The number of pyridine rings is 1. The number of halogens is 1. The van der Waals surface area contributed by atoms with Gasteiger partial charge in [-0.15, -0.1) is 0 Å². The topological polar surface area (TPSA) is 65.4 Å². The van der Waals surface area contributed by atoms with Gasteiger partial charge in [0.1, 0.15) is 5.69 Å². The summed E-state index contributed by atoms with van der Waals surface area (Å²) in [6.07, 6.45) is 1.87. The molecule has 0 saturated heterocycles. The lowest BCUT2D eigenvalue weighted by atomic mass is 9.98. The standard InChI is InChI=1S/C21H20BrN3O3/c1-11-15-7-24-17-6-18(21(26)23-2)25(20(17)16(15)9-28-11)19-10-27-8-12-5-13(22)3-4-14(12)19/h3-7,11,19H,8-10H2,1-2H3,(H,23,26)/t11?,19-/m0/s1. The van der Waals surface area contributed by atoms with Crippen LogP contribution >= 0.6 is 15.9 Å². The summed E-state index contributed by atoms with van der Waals surface area (Å²) in [6, 6.07) is 7.99. The molecule has 2 aliphatic heterocycles. The number of nitrogens with zero attached hydrogens (tertiary/aromatic N) is 2. The van der Waals surface area contributed by atoms with Crippen molar-refractivity contribution in [1.29, 1.82) is 0 Å². The summed E-state index contributed by atoms with van der Waals surface area (Å²) >= 11 is 3.54. The highest BCUT2D eigenvalue weighted by Gasteiger charge is 2.32. The third kappa shape index (κ3) is 2.61. The van der Waals surface area contributed by atoms with E-state index in [0.29, 0.717) is 25.5 Å². The Morgan fingerprint density at radius 3 is 2.96 bits per heavy atom. The molecule has 1 N–H and O–H groups in total. The van der Waals surface area contributed by atoms with E-state index in [9.17, 15) is 4.79 Å². The zero-order valence-electron chi connectivity index (χ0n) is 15.7. The van der Waals surface area contributed by atoms with E-state index < -0.39 is 0 Å². The van der Waals surface area contributed by atoms with Crippen LogP contribution in [-0.4, -0.2) is 29.1 Å². The number of carbonyl (C=O) groups is 1. The first-order chi connectivity index (χ1) is 13.6. The second kappa shape index (κ2) is 6.69. The van der Waals surface area contributed by atoms with Crippen molar-refractivity contribution in [3.63, 3.8) is 0 Å². The van der Waals surface area contributed by atoms with Crippen molar-refractivity contribution < 1.29 is 14.3 Å². The summed E-state index contributed by atoms with van der Waals surface area (Å²) in [6.45, 7) is 3.62. The van der Waals surface area contributed by atoms with Crippen molar-refractivity contribution >= 4 is 32.9 Å². The van der Waals surface area contributed by atoms with Gasteiger partial charge in [-0.05, 0) is 36.2 Å². The monoisotopic (exact) mass is 441 g/mol. The number of ether oxygens (including phenoxy) is 2. The first kappa shape index (κ1) is 17.8. The molecular weight excluding hydrogens is 422 g/mol. The largest absolute Gasteiger partial charge is 0.374 e. The van der Waals surface area contributed by atoms with Crippen LogP contribution in [0.5, 0.6) is 0 Å². The summed E-state index contributed by atoms with van der Waals surface area (Å²) in [5.41, 5.74) is 6.84. The highest BCUT2D eigenvalue weighted by molar-refractivity contribution is 9.10. The van der Waals surface area contributed by atoms with Crippen LogP contribution in [0.1, 0.15) is 51.8 Å². The minimum absolute atomic E-state index is 0.00421. The molecule has 144 valence electrons. The molecule has 0 spiro atoms. The molecular formula is C21H20BrN3O3. The predicted octanol–water partition coefficient (Wildman–Crippen LogP) is 3.87. The fourth-order valence-electron chi connectivity index (χ4n) is 4.30. The van der Waals surface area contributed by atoms with Gasteiger partial charge in [-0.3, -0.25) is 9.78 Å². The quantitative estimate of drug-likeness (QED) is 0.655. The van der Waals surface area contributed by atoms with Crippen LogP contribution in [-0.2, 0) is 22.7 Å². The van der Waals surface area contributed by atoms with Crippen molar-refractivity contribution in [2.24, 2.45) is 0 Å². The van der Waals surface area contributed by atoms with E-state index in [2.05, 4.69) is 42.9 Å². The molecule has 2 atom stereocenters. The van der Waals surface area contributed by atoms with Gasteiger partial charge in [0, 0.05) is 28.8 Å². The number of nitrogens with one attached hydrogen (secondary N) is 1. The van der Waals surface area contributed by atoms with Crippen LogP contribution in [0.25, 0.3) is 11.0 Å². The maximum absolute atomic E-state index is 12.7. The van der Waals surface area contributed by atoms with Crippen LogP contribution < -0.4 is 5.32 Å². The van der Waals surface area contributed by atoms with E-state index in [1.54, 1.807) is 7.05 Å². The van der Waals surface area contributed by atoms with E-state index in [1.807, 2.05) is 25.3 Å². The third-order valence-electron chi connectivity index (χ3n) is 5.68. The van der Waals surface area contributed by atoms with Gasteiger partial charge in [0.05, 0.1) is 43.0 Å². The molecule has 0 bridgehead atoms. The first-order valence-corrected chi connectivity index (χ1v) is 10.1. The van der Waals surface area contributed by atoms with E-state index >= 15 is 0 Å². The Bertz CT molecular complexity index is 1110. The molecule has 0 radical (unpaired) electrons. The number of fused-ring (bicyclic) bond motifs is 4. The Kier molecular flexibility index (Phi) is 4.26. The molecule has 0 aliphatic carbocycles. The summed E-state index contributed by atoms with van der Waals surface area (Å²) in [4.78, 5) is 17.4. The fourth-order valence-corrected chi connectivity index (χ4v) is 4.71. The molecule has 1 aromatic carbocycles. The first-order valence-electron chi connectivity index (χ1n) is 9.31. The van der Waals surface area contributed by atoms with Crippen molar-refractivity contribution in [2.45, 2.75) is 32.3 Å². The summed E-state index contributed by atoms with van der Waals surface area (Å²) in [7, 11) is 1.65. The Morgan fingerprint density at radius 2 is 2.14 bits per heavy atom. The normalized spacial score (nSPS) is 20.8. The van der Waals surface area contributed by atoms with Gasteiger partial charge in [0.25, 0.3) is 5.91 Å². The summed E-state index contributed by atoms with van der Waals surface area (Å²) in [5, 5.41) is 2.76. The van der Waals surface area contributed by atoms with E-state index in [4.69, 9.17) is 9.47 Å². The molecule has 5 rings (SSSR count). The maximum atomic E-state index is 12.7. The molecule has 2 aromatic heterocycles. The van der Waals surface area contributed by atoms with Crippen LogP contribution in [0.4, 0.5) is 0 Å². The van der Waals surface area contributed by atoms with Crippen LogP contribution in [0.3, 0.4) is 0 Å². The lowest BCUT2D eigenvalue weighted by Gasteiger charge is -2.29. The maximum Gasteiger partial charge on any atom is 0.267 e. The van der Waals surface area contributed by atoms with Gasteiger partial charge >= 0.3 is 0 Å². The Hall–Kier alpha value is -2.22. The molecule has 0 fully saturated rings. The molecule has 1 unspecified atom stereocenters. The number of hydrogen-bond acceptors (Lipinski definition) is 4. The molecule has 1 amide bonds. The minimum atomic E-state index is -0.136. The van der Waals surface area contributed by atoms with Gasteiger partial charge in [0.15, 0.2) is 0 Å². The Morgan fingerprint density at radius 1 is 1.29 bits per heavy atom. The van der Waals surface area contributed by atoms with Crippen LogP contribution in [0, 0.1) is 0 Å². The molecule has 0 saturated carbocycles. The molecule has 4 heterocycles. The highest BCUT2D eigenvalue weighted by atomic mass is 79.9. The third-order valence-corrected chi connectivity index (χ3v) is 6.17. The number of amides is 1. The van der Waals surface area contributed by atoms with Crippen molar-refractivity contribution in [3.05, 3.63) is 62.9 Å². The zero-order chi connectivity index (χ0) is 19.4. The highest BCUT2D eigenvalue weighted by Crippen LogP contribution is 2.39. The van der Waals surface area contributed by atoms with Gasteiger partial charge in [-0.1, -0.05) is 22.0 Å². The van der Waals surface area contributed by atoms with Crippen molar-refractivity contribution in [1.82, 2.24) is 14.9 Å². The van der Waals surface area contributed by atoms with Crippen LogP contribution in [0.2, 0.25) is 0 Å².